The molecule has 1 saturated carbocycles. The van der Waals surface area contributed by atoms with Crippen LogP contribution in [0.3, 0.4) is 0 Å². The monoisotopic (exact) mass is 645 g/mol. The van der Waals surface area contributed by atoms with Crippen LogP contribution >= 0.6 is 10.8 Å². The van der Waals surface area contributed by atoms with Gasteiger partial charge in [-0.15, -0.1) is 10.8 Å². The second-order valence-electron chi connectivity index (χ2n) is 12.1. The number of alkyl halides is 3. The van der Waals surface area contributed by atoms with Gasteiger partial charge < -0.3 is 15.7 Å². The quantitative estimate of drug-likeness (QED) is 0.152. The average Bonchev–Trinajstić information content (AvgIpc) is 3.56. The third-order valence-electron chi connectivity index (χ3n) is 8.72. The zero-order chi connectivity index (χ0) is 32.0. The number of carbonyl (C=O) groups excluding carboxylic acids is 1. The number of benzene rings is 3. The maximum absolute atomic E-state index is 13.9. The summed E-state index contributed by atoms with van der Waals surface area (Å²) in [6.45, 7) is 0.641. The lowest BCUT2D eigenvalue weighted by molar-refractivity contribution is -0.137. The largest absolute Gasteiger partial charge is 0.416 e. The van der Waals surface area contributed by atoms with Crippen molar-refractivity contribution in [2.24, 2.45) is 0 Å². The van der Waals surface area contributed by atoms with E-state index in [1.165, 1.54) is 6.07 Å². The second-order valence-corrected chi connectivity index (χ2v) is 14.2. The van der Waals surface area contributed by atoms with Gasteiger partial charge >= 0.3 is 6.18 Å². The van der Waals surface area contributed by atoms with Gasteiger partial charge in [-0.05, 0) is 79.0 Å². The van der Waals surface area contributed by atoms with Crippen molar-refractivity contribution in [3.63, 3.8) is 0 Å². The highest BCUT2D eigenvalue weighted by molar-refractivity contribution is 8.25. The molecular weight excluding hydrogens is 603 g/mol. The lowest BCUT2D eigenvalue weighted by Gasteiger charge is -2.47. The van der Waals surface area contributed by atoms with Gasteiger partial charge in [0.1, 0.15) is 0 Å². The van der Waals surface area contributed by atoms with Gasteiger partial charge in [-0.2, -0.15) is 13.2 Å². The summed E-state index contributed by atoms with van der Waals surface area (Å²) in [7, 11) is -2.99. The topological polar surface area (TPSA) is 105 Å². The Bertz CT molecular complexity index is 1430. The number of aliphatic hydroxyl groups is 1. The van der Waals surface area contributed by atoms with E-state index in [-0.39, 0.29) is 24.9 Å². The Morgan fingerprint density at radius 2 is 1.67 bits per heavy atom. The number of anilines is 1. The number of hydrogen-bond donors (Lipinski definition) is 5. The number of halogens is 3. The van der Waals surface area contributed by atoms with E-state index in [9.17, 15) is 32.2 Å². The fourth-order valence-electron chi connectivity index (χ4n) is 6.28. The molecular formula is C34H42F3N3O4S. The van der Waals surface area contributed by atoms with Gasteiger partial charge in [0, 0.05) is 25.2 Å². The molecule has 2 aliphatic rings. The summed E-state index contributed by atoms with van der Waals surface area (Å²) in [5.41, 5.74) is 2.60. The van der Waals surface area contributed by atoms with Crippen LogP contribution in [-0.2, 0) is 19.1 Å². The standard InChI is InChI=1S/C34H42F3N3O4S/c35-34(36,37)29-14-8-11-25(17-29)22-38-23-32(41)31(18-24-9-2-1-3-10-24)39-33(42)28-19-27(26-12-4-5-13-26)20-30(21-28)40-15-6-7-16-45(40,43)44/h1-3,8-11,14,17,19-21,26,31-32,38,41,43-44H,4-7,12-13,15-16,18,22-23H2,(H,39,42). The molecule has 0 spiro atoms. The van der Waals surface area contributed by atoms with Crippen LogP contribution in [0.15, 0.2) is 72.8 Å². The van der Waals surface area contributed by atoms with E-state index in [4.69, 9.17) is 0 Å². The molecule has 45 heavy (non-hydrogen) atoms. The Balaban J connectivity index is 1.35. The highest BCUT2D eigenvalue weighted by Gasteiger charge is 2.31. The number of aliphatic hydroxyl groups excluding tert-OH is 1. The van der Waals surface area contributed by atoms with Crippen LogP contribution in [0.25, 0.3) is 0 Å². The highest BCUT2D eigenvalue weighted by Crippen LogP contribution is 2.50. The van der Waals surface area contributed by atoms with Crippen molar-refractivity contribution in [2.45, 2.75) is 75.7 Å². The molecule has 1 heterocycles. The first-order valence-electron chi connectivity index (χ1n) is 15.6. The second kappa shape index (κ2) is 14.6. The first kappa shape index (κ1) is 33.3. The van der Waals surface area contributed by atoms with Gasteiger partial charge in [0.25, 0.3) is 5.91 Å². The first-order valence-corrected chi connectivity index (χ1v) is 17.3. The number of rotatable bonds is 11. The van der Waals surface area contributed by atoms with E-state index in [2.05, 4.69) is 10.6 Å². The van der Waals surface area contributed by atoms with Crippen LogP contribution in [0.1, 0.15) is 77.1 Å². The zero-order valence-electron chi connectivity index (χ0n) is 25.2. The number of carbonyl (C=O) groups is 1. The van der Waals surface area contributed by atoms with Crippen molar-refractivity contribution in [3.05, 3.63) is 101 Å². The van der Waals surface area contributed by atoms with Crippen LogP contribution < -0.4 is 14.9 Å². The minimum Gasteiger partial charge on any atom is -0.390 e. The van der Waals surface area contributed by atoms with E-state index in [0.717, 1.165) is 61.8 Å². The third kappa shape index (κ3) is 8.80. The van der Waals surface area contributed by atoms with Crippen LogP contribution in [0.2, 0.25) is 0 Å². The van der Waals surface area contributed by atoms with E-state index < -0.39 is 34.7 Å². The molecule has 2 unspecified atom stereocenters. The number of amides is 1. The van der Waals surface area contributed by atoms with Crippen molar-refractivity contribution in [2.75, 3.05) is 23.1 Å². The molecule has 1 saturated heterocycles. The van der Waals surface area contributed by atoms with Gasteiger partial charge in [-0.25, -0.2) is 0 Å². The molecule has 1 aliphatic heterocycles. The average molecular weight is 646 g/mol. The van der Waals surface area contributed by atoms with Gasteiger partial charge in [-0.1, -0.05) is 61.4 Å². The molecule has 2 fully saturated rings. The molecule has 1 aliphatic carbocycles. The van der Waals surface area contributed by atoms with Crippen LogP contribution in [0.5, 0.6) is 0 Å². The summed E-state index contributed by atoms with van der Waals surface area (Å²) in [4.78, 5) is 13.9. The molecule has 0 bridgehead atoms. The predicted octanol–water partition coefficient (Wildman–Crippen LogP) is 7.12. The highest BCUT2D eigenvalue weighted by atomic mass is 32.3. The van der Waals surface area contributed by atoms with Gasteiger partial charge in [0.05, 0.1) is 29.1 Å². The molecule has 3 aromatic rings. The van der Waals surface area contributed by atoms with Crippen LogP contribution in [-0.4, -0.2) is 51.1 Å². The van der Waals surface area contributed by atoms with Gasteiger partial charge in [0.15, 0.2) is 0 Å². The molecule has 0 aromatic heterocycles. The fourth-order valence-corrected chi connectivity index (χ4v) is 7.95. The summed E-state index contributed by atoms with van der Waals surface area (Å²) >= 11 is 0. The van der Waals surface area contributed by atoms with Crippen molar-refractivity contribution >= 4 is 22.4 Å². The van der Waals surface area contributed by atoms with Crippen molar-refractivity contribution in [3.8, 4) is 0 Å². The minimum absolute atomic E-state index is 0.0378. The molecule has 244 valence electrons. The number of nitrogens with one attached hydrogen (secondary N) is 2. The molecule has 2 atom stereocenters. The SMILES string of the molecule is O=C(NC(Cc1ccccc1)C(O)CNCc1cccc(C(F)(F)F)c1)c1cc(C2CCCC2)cc(N2CCCCS2(O)O)c1. The Labute approximate surface area is 264 Å². The maximum Gasteiger partial charge on any atom is 0.416 e. The van der Waals surface area contributed by atoms with Crippen molar-refractivity contribution in [1.82, 2.24) is 10.6 Å². The maximum atomic E-state index is 13.9. The molecule has 1 amide bonds. The van der Waals surface area contributed by atoms with E-state index in [1.807, 2.05) is 42.5 Å². The lowest BCUT2D eigenvalue weighted by atomic mass is 9.94. The lowest BCUT2D eigenvalue weighted by Crippen LogP contribution is -2.48. The summed E-state index contributed by atoms with van der Waals surface area (Å²) in [6, 6.07) is 19.3. The molecule has 7 nitrogen and oxygen atoms in total. The summed E-state index contributed by atoms with van der Waals surface area (Å²) in [5.74, 6) is 0.192. The molecule has 0 radical (unpaired) electrons. The summed E-state index contributed by atoms with van der Waals surface area (Å²) < 4.78 is 62.8. The molecule has 11 heteroatoms. The van der Waals surface area contributed by atoms with Gasteiger partial charge in [0.2, 0.25) is 0 Å². The van der Waals surface area contributed by atoms with E-state index in [0.29, 0.717) is 35.5 Å². The zero-order valence-corrected chi connectivity index (χ0v) is 26.0. The summed E-state index contributed by atoms with van der Waals surface area (Å²) in [5, 5.41) is 17.3. The first-order chi connectivity index (χ1) is 21.5. The fraction of sp³-hybridized carbons (Fsp3) is 0.441. The van der Waals surface area contributed by atoms with Crippen LogP contribution in [0.4, 0.5) is 18.9 Å². The molecule has 5 rings (SSSR count). The number of hydrogen-bond acceptors (Lipinski definition) is 6. The predicted molar refractivity (Wildman–Crippen MR) is 173 cm³/mol. The van der Waals surface area contributed by atoms with E-state index >= 15 is 0 Å². The Morgan fingerprint density at radius 3 is 2.38 bits per heavy atom. The Hall–Kier alpha value is -3.09. The Kier molecular flexibility index (Phi) is 10.8. The van der Waals surface area contributed by atoms with Gasteiger partial charge in [-0.3, -0.25) is 18.2 Å². The summed E-state index contributed by atoms with van der Waals surface area (Å²) in [6.07, 6.45) is 0.621. The van der Waals surface area contributed by atoms with Crippen molar-refractivity contribution < 1.29 is 32.2 Å². The smallest absolute Gasteiger partial charge is 0.390 e. The third-order valence-corrected chi connectivity index (χ3v) is 10.7. The minimum atomic E-state index is -4.44. The molecule has 3 aromatic carbocycles. The van der Waals surface area contributed by atoms with E-state index in [1.54, 1.807) is 16.4 Å². The molecule has 5 N–H and O–H groups in total. The Morgan fingerprint density at radius 1 is 0.933 bits per heavy atom. The van der Waals surface area contributed by atoms with Crippen molar-refractivity contribution in [1.29, 1.82) is 0 Å². The van der Waals surface area contributed by atoms with Crippen LogP contribution in [0, 0.1) is 0 Å². The number of nitrogens with zero attached hydrogens (tertiary/aromatic N) is 1. The normalized spacial score (nSPS) is 19.2.